The molecule has 0 spiro atoms. The molecule has 3 rings (SSSR count). The van der Waals surface area contributed by atoms with E-state index in [1.54, 1.807) is 18.3 Å². The molecule has 0 atom stereocenters. The van der Waals surface area contributed by atoms with Crippen LogP contribution in [0.4, 0.5) is 11.4 Å². The number of aromatic carboxylic acids is 1. The van der Waals surface area contributed by atoms with E-state index in [0.717, 1.165) is 28.1 Å². The minimum Gasteiger partial charge on any atom is -0.478 e. The van der Waals surface area contributed by atoms with Gasteiger partial charge in [-0.15, -0.1) is 0 Å². The SMILES string of the molecule is Cc1cccc(Nc2c(Cc3ccccn3)cccc2C(=O)O)c1C. The number of aromatic nitrogens is 1. The Balaban J connectivity index is 2.06. The zero-order valence-electron chi connectivity index (χ0n) is 14.3. The first-order valence-electron chi connectivity index (χ1n) is 8.14. The number of carboxylic acid groups (broad SMARTS) is 1. The quantitative estimate of drug-likeness (QED) is 0.709. The maximum absolute atomic E-state index is 11.7. The second-order valence-electron chi connectivity index (χ2n) is 6.02. The largest absolute Gasteiger partial charge is 0.478 e. The summed E-state index contributed by atoms with van der Waals surface area (Å²) in [4.78, 5) is 16.1. The molecule has 1 heterocycles. The van der Waals surface area contributed by atoms with Crippen LogP contribution in [0.25, 0.3) is 0 Å². The van der Waals surface area contributed by atoms with Crippen molar-refractivity contribution < 1.29 is 9.90 Å². The lowest BCUT2D eigenvalue weighted by Crippen LogP contribution is -2.07. The lowest BCUT2D eigenvalue weighted by molar-refractivity contribution is 0.0698. The molecule has 2 aromatic carbocycles. The summed E-state index contributed by atoms with van der Waals surface area (Å²) in [6.07, 6.45) is 2.31. The van der Waals surface area contributed by atoms with Crippen molar-refractivity contribution in [3.63, 3.8) is 0 Å². The Morgan fingerprint density at radius 2 is 1.84 bits per heavy atom. The van der Waals surface area contributed by atoms with E-state index in [4.69, 9.17) is 0 Å². The molecule has 0 fully saturated rings. The topological polar surface area (TPSA) is 62.2 Å². The van der Waals surface area contributed by atoms with Crippen molar-refractivity contribution in [1.29, 1.82) is 0 Å². The maximum Gasteiger partial charge on any atom is 0.337 e. The van der Waals surface area contributed by atoms with Crippen LogP contribution in [0.3, 0.4) is 0 Å². The van der Waals surface area contributed by atoms with Crippen molar-refractivity contribution >= 4 is 17.3 Å². The van der Waals surface area contributed by atoms with Gasteiger partial charge in [0.1, 0.15) is 0 Å². The number of rotatable bonds is 5. The molecule has 1 aromatic heterocycles. The van der Waals surface area contributed by atoms with Gasteiger partial charge >= 0.3 is 5.97 Å². The summed E-state index contributed by atoms with van der Waals surface area (Å²) in [5, 5.41) is 12.9. The minimum absolute atomic E-state index is 0.259. The molecule has 0 unspecified atom stereocenters. The number of nitrogens with zero attached hydrogens (tertiary/aromatic N) is 1. The molecular weight excluding hydrogens is 312 g/mol. The average molecular weight is 332 g/mol. The van der Waals surface area contributed by atoms with Crippen molar-refractivity contribution in [2.75, 3.05) is 5.32 Å². The Bertz CT molecular complexity index is 905. The van der Waals surface area contributed by atoms with Crippen LogP contribution in [0.2, 0.25) is 0 Å². The predicted molar refractivity (Wildman–Crippen MR) is 99.6 cm³/mol. The summed E-state index contributed by atoms with van der Waals surface area (Å²) in [6.45, 7) is 4.07. The Hall–Kier alpha value is -3.14. The Labute approximate surface area is 147 Å². The Morgan fingerprint density at radius 3 is 2.56 bits per heavy atom. The van der Waals surface area contributed by atoms with Crippen LogP contribution in [0.15, 0.2) is 60.8 Å². The first kappa shape index (κ1) is 16.7. The second-order valence-corrected chi connectivity index (χ2v) is 6.02. The maximum atomic E-state index is 11.7. The Morgan fingerprint density at radius 1 is 1.04 bits per heavy atom. The van der Waals surface area contributed by atoms with Crippen LogP contribution in [0, 0.1) is 13.8 Å². The normalized spacial score (nSPS) is 10.5. The van der Waals surface area contributed by atoms with Crippen LogP contribution < -0.4 is 5.32 Å². The zero-order valence-corrected chi connectivity index (χ0v) is 14.3. The highest BCUT2D eigenvalue weighted by molar-refractivity contribution is 5.96. The highest BCUT2D eigenvalue weighted by Gasteiger charge is 2.16. The Kier molecular flexibility index (Phi) is 4.80. The number of aryl methyl sites for hydroxylation is 1. The molecule has 0 aliphatic rings. The van der Waals surface area contributed by atoms with Gasteiger partial charge in [0, 0.05) is 24.0 Å². The highest BCUT2D eigenvalue weighted by atomic mass is 16.4. The molecule has 3 aromatic rings. The van der Waals surface area contributed by atoms with Gasteiger partial charge in [-0.05, 0) is 54.8 Å². The number of pyridine rings is 1. The van der Waals surface area contributed by atoms with E-state index < -0.39 is 5.97 Å². The van der Waals surface area contributed by atoms with E-state index in [1.807, 2.05) is 56.3 Å². The van der Waals surface area contributed by atoms with E-state index in [9.17, 15) is 9.90 Å². The molecule has 0 amide bonds. The van der Waals surface area contributed by atoms with Gasteiger partial charge in [-0.3, -0.25) is 4.98 Å². The van der Waals surface area contributed by atoms with Crippen LogP contribution in [0.1, 0.15) is 32.7 Å². The summed E-state index contributed by atoms with van der Waals surface area (Å²) in [5.74, 6) is -0.948. The third-order valence-corrected chi connectivity index (χ3v) is 4.34. The van der Waals surface area contributed by atoms with Crippen molar-refractivity contribution in [3.05, 3.63) is 88.7 Å². The fraction of sp³-hybridized carbons (Fsp3) is 0.143. The summed E-state index contributed by atoms with van der Waals surface area (Å²) < 4.78 is 0. The minimum atomic E-state index is -0.948. The molecule has 0 saturated carbocycles. The third kappa shape index (κ3) is 3.69. The third-order valence-electron chi connectivity index (χ3n) is 4.34. The average Bonchev–Trinajstić information content (AvgIpc) is 2.61. The number of para-hydroxylation sites is 1. The predicted octanol–water partition coefficient (Wildman–Crippen LogP) is 4.73. The highest BCUT2D eigenvalue weighted by Crippen LogP contribution is 2.29. The number of carbonyl (C=O) groups is 1. The van der Waals surface area contributed by atoms with Gasteiger partial charge in [-0.2, -0.15) is 0 Å². The molecule has 0 saturated heterocycles. The van der Waals surface area contributed by atoms with Gasteiger partial charge in [-0.25, -0.2) is 4.79 Å². The smallest absolute Gasteiger partial charge is 0.337 e. The molecular formula is C21H20N2O2. The second kappa shape index (κ2) is 7.18. The fourth-order valence-corrected chi connectivity index (χ4v) is 2.79. The van der Waals surface area contributed by atoms with E-state index in [-0.39, 0.29) is 5.56 Å². The number of anilines is 2. The van der Waals surface area contributed by atoms with Crippen molar-refractivity contribution in [1.82, 2.24) is 4.98 Å². The summed E-state index contributed by atoms with van der Waals surface area (Å²) >= 11 is 0. The van der Waals surface area contributed by atoms with Gasteiger partial charge in [0.25, 0.3) is 0 Å². The molecule has 2 N–H and O–H groups in total. The van der Waals surface area contributed by atoms with Crippen LogP contribution in [-0.2, 0) is 6.42 Å². The van der Waals surface area contributed by atoms with Gasteiger partial charge in [-0.1, -0.05) is 30.3 Å². The van der Waals surface area contributed by atoms with Crippen LogP contribution in [-0.4, -0.2) is 16.1 Å². The first-order chi connectivity index (χ1) is 12.1. The molecule has 126 valence electrons. The lowest BCUT2D eigenvalue weighted by Gasteiger charge is -2.17. The summed E-state index contributed by atoms with van der Waals surface area (Å²) in [6, 6.07) is 17.0. The van der Waals surface area contributed by atoms with Crippen molar-refractivity contribution in [2.24, 2.45) is 0 Å². The molecule has 0 bridgehead atoms. The molecule has 4 nitrogen and oxygen atoms in total. The van der Waals surface area contributed by atoms with E-state index >= 15 is 0 Å². The van der Waals surface area contributed by atoms with E-state index in [2.05, 4.69) is 10.3 Å². The summed E-state index contributed by atoms with van der Waals surface area (Å²) in [5.41, 5.74) is 5.85. The zero-order chi connectivity index (χ0) is 17.8. The van der Waals surface area contributed by atoms with Crippen molar-refractivity contribution in [3.8, 4) is 0 Å². The first-order valence-corrected chi connectivity index (χ1v) is 8.14. The van der Waals surface area contributed by atoms with Gasteiger partial charge < -0.3 is 10.4 Å². The number of hydrogen-bond acceptors (Lipinski definition) is 3. The number of hydrogen-bond donors (Lipinski definition) is 2. The molecule has 0 aliphatic heterocycles. The fourth-order valence-electron chi connectivity index (χ4n) is 2.79. The van der Waals surface area contributed by atoms with Gasteiger partial charge in [0.2, 0.25) is 0 Å². The van der Waals surface area contributed by atoms with Crippen molar-refractivity contribution in [2.45, 2.75) is 20.3 Å². The van der Waals surface area contributed by atoms with Crippen LogP contribution in [0.5, 0.6) is 0 Å². The number of benzene rings is 2. The van der Waals surface area contributed by atoms with E-state index in [1.165, 1.54) is 0 Å². The lowest BCUT2D eigenvalue weighted by atomic mass is 10.0. The number of carboxylic acids is 1. The van der Waals surface area contributed by atoms with Gasteiger partial charge in [0.05, 0.1) is 11.3 Å². The molecule has 0 radical (unpaired) electrons. The van der Waals surface area contributed by atoms with E-state index in [0.29, 0.717) is 12.1 Å². The van der Waals surface area contributed by atoms with Crippen LogP contribution >= 0.6 is 0 Å². The standard InChI is InChI=1S/C21H20N2O2/c1-14-7-5-11-19(15(14)2)23-20-16(8-6-10-18(20)21(24)25)13-17-9-3-4-12-22-17/h3-12,23H,13H2,1-2H3,(H,24,25). The van der Waals surface area contributed by atoms with Gasteiger partial charge in [0.15, 0.2) is 0 Å². The number of nitrogens with one attached hydrogen (secondary N) is 1. The monoisotopic (exact) mass is 332 g/mol. The summed E-state index contributed by atoms with van der Waals surface area (Å²) in [7, 11) is 0. The molecule has 4 heteroatoms. The molecule has 0 aliphatic carbocycles. The molecule has 25 heavy (non-hydrogen) atoms.